The Kier molecular flexibility index (Phi) is 6.66. The zero-order valence-electron chi connectivity index (χ0n) is 13.0. The van der Waals surface area contributed by atoms with Gasteiger partial charge >= 0.3 is 0 Å². The molecule has 2 aromatic rings. The van der Waals surface area contributed by atoms with Gasteiger partial charge < -0.3 is 21.1 Å². The molecule has 2 heterocycles. The molecule has 1 unspecified atom stereocenters. The Morgan fingerprint density at radius 3 is 2.72 bits per heavy atom. The Balaban J connectivity index is 0.00000225. The number of carbonyl (C=O) groups excluding carboxylic acids is 2. The molecule has 0 radical (unpaired) electrons. The van der Waals surface area contributed by atoms with Crippen molar-refractivity contribution in [3.63, 3.8) is 0 Å². The van der Waals surface area contributed by atoms with Crippen LogP contribution in [0.25, 0.3) is 0 Å². The van der Waals surface area contributed by atoms with E-state index in [1.54, 1.807) is 11.4 Å². The van der Waals surface area contributed by atoms with Crippen molar-refractivity contribution < 1.29 is 14.7 Å². The third-order valence-corrected chi connectivity index (χ3v) is 4.80. The molecular formula is C16H17Cl2N3O3S. The summed E-state index contributed by atoms with van der Waals surface area (Å²) in [6, 6.07) is 6.02. The van der Waals surface area contributed by atoms with Crippen molar-refractivity contribution in [2.75, 3.05) is 18.4 Å². The Morgan fingerprint density at radius 1 is 1.24 bits per heavy atom. The lowest BCUT2D eigenvalue weighted by Crippen LogP contribution is -2.36. The maximum Gasteiger partial charge on any atom is 0.260 e. The highest BCUT2D eigenvalue weighted by molar-refractivity contribution is 7.14. The van der Waals surface area contributed by atoms with Gasteiger partial charge in [0.2, 0.25) is 0 Å². The van der Waals surface area contributed by atoms with E-state index in [0.29, 0.717) is 15.6 Å². The number of halogens is 2. The number of hydrogen-bond acceptors (Lipinski definition) is 5. The van der Waals surface area contributed by atoms with Crippen LogP contribution in [0.1, 0.15) is 27.1 Å². The number of aromatic hydroxyl groups is 1. The minimum atomic E-state index is -0.497. The summed E-state index contributed by atoms with van der Waals surface area (Å²) in [5, 5.41) is 21.1. The first kappa shape index (κ1) is 19.5. The third-order valence-electron chi connectivity index (χ3n) is 3.74. The number of benzene rings is 1. The van der Waals surface area contributed by atoms with Gasteiger partial charge in [-0.3, -0.25) is 9.59 Å². The normalized spacial score (nSPS) is 16.1. The molecule has 4 N–H and O–H groups in total. The molecule has 1 aliphatic rings. The summed E-state index contributed by atoms with van der Waals surface area (Å²) in [6.45, 7) is 1.63. The van der Waals surface area contributed by atoms with Crippen LogP contribution in [-0.4, -0.2) is 36.1 Å². The molecule has 0 aliphatic carbocycles. The minimum absolute atomic E-state index is 0. The monoisotopic (exact) mass is 401 g/mol. The SMILES string of the molecule is Cl.O=C(Nc1sccc1C(=O)NC1CCNC1)c1ccc(Cl)cc1O. The average molecular weight is 402 g/mol. The van der Waals surface area contributed by atoms with Gasteiger partial charge in [-0.1, -0.05) is 11.6 Å². The molecule has 1 fully saturated rings. The predicted octanol–water partition coefficient (Wildman–Crippen LogP) is 2.87. The second-order valence-electron chi connectivity index (χ2n) is 5.44. The van der Waals surface area contributed by atoms with Crippen LogP contribution in [0.3, 0.4) is 0 Å². The van der Waals surface area contributed by atoms with Gasteiger partial charge in [-0.25, -0.2) is 0 Å². The van der Waals surface area contributed by atoms with Gasteiger partial charge in [0, 0.05) is 17.6 Å². The summed E-state index contributed by atoms with van der Waals surface area (Å²) in [5.74, 6) is -0.927. The highest BCUT2D eigenvalue weighted by Crippen LogP contribution is 2.27. The highest BCUT2D eigenvalue weighted by Gasteiger charge is 2.21. The van der Waals surface area contributed by atoms with E-state index in [-0.39, 0.29) is 35.7 Å². The first-order valence-electron chi connectivity index (χ1n) is 7.43. The van der Waals surface area contributed by atoms with Crippen LogP contribution in [0.5, 0.6) is 5.75 Å². The van der Waals surface area contributed by atoms with Crippen molar-refractivity contribution in [2.45, 2.75) is 12.5 Å². The van der Waals surface area contributed by atoms with Crippen LogP contribution < -0.4 is 16.0 Å². The number of nitrogens with one attached hydrogen (secondary N) is 3. The van der Waals surface area contributed by atoms with Gasteiger partial charge in [0.1, 0.15) is 10.8 Å². The number of carbonyl (C=O) groups is 2. The quantitative estimate of drug-likeness (QED) is 0.633. The van der Waals surface area contributed by atoms with Crippen molar-refractivity contribution in [2.24, 2.45) is 0 Å². The zero-order chi connectivity index (χ0) is 17.1. The van der Waals surface area contributed by atoms with Crippen molar-refractivity contribution in [1.29, 1.82) is 0 Å². The Bertz CT molecular complexity index is 776. The lowest BCUT2D eigenvalue weighted by Gasteiger charge is -2.12. The van der Waals surface area contributed by atoms with E-state index >= 15 is 0 Å². The number of thiophene rings is 1. The molecule has 1 atom stereocenters. The minimum Gasteiger partial charge on any atom is -0.507 e. The molecule has 134 valence electrons. The average Bonchev–Trinajstić information content (AvgIpc) is 3.18. The fourth-order valence-corrected chi connectivity index (χ4v) is 3.44. The summed E-state index contributed by atoms with van der Waals surface area (Å²) >= 11 is 7.02. The van der Waals surface area contributed by atoms with Crippen LogP contribution in [-0.2, 0) is 0 Å². The van der Waals surface area contributed by atoms with E-state index in [1.165, 1.54) is 29.5 Å². The van der Waals surface area contributed by atoms with Crippen LogP contribution in [0.2, 0.25) is 5.02 Å². The van der Waals surface area contributed by atoms with Crippen LogP contribution in [0, 0.1) is 0 Å². The van der Waals surface area contributed by atoms with Crippen LogP contribution in [0.4, 0.5) is 5.00 Å². The van der Waals surface area contributed by atoms with Crippen molar-refractivity contribution in [3.05, 3.63) is 45.8 Å². The summed E-state index contributed by atoms with van der Waals surface area (Å²) in [6.07, 6.45) is 0.885. The lowest BCUT2D eigenvalue weighted by molar-refractivity contribution is 0.0941. The van der Waals surface area contributed by atoms with Gasteiger partial charge in [0.15, 0.2) is 0 Å². The molecule has 0 saturated carbocycles. The molecular weight excluding hydrogens is 385 g/mol. The fourth-order valence-electron chi connectivity index (χ4n) is 2.49. The van der Waals surface area contributed by atoms with E-state index < -0.39 is 5.91 Å². The summed E-state index contributed by atoms with van der Waals surface area (Å²) in [4.78, 5) is 24.7. The summed E-state index contributed by atoms with van der Waals surface area (Å²) < 4.78 is 0. The van der Waals surface area contributed by atoms with Crippen molar-refractivity contribution in [1.82, 2.24) is 10.6 Å². The van der Waals surface area contributed by atoms with E-state index in [2.05, 4.69) is 16.0 Å². The second-order valence-corrected chi connectivity index (χ2v) is 6.79. The molecule has 0 spiro atoms. The maximum atomic E-state index is 12.4. The van der Waals surface area contributed by atoms with Crippen molar-refractivity contribution >= 4 is 52.2 Å². The largest absolute Gasteiger partial charge is 0.507 e. The molecule has 25 heavy (non-hydrogen) atoms. The van der Waals surface area contributed by atoms with Gasteiger partial charge in [0.25, 0.3) is 11.8 Å². The third kappa shape index (κ3) is 4.64. The molecule has 1 aliphatic heterocycles. The molecule has 1 saturated heterocycles. The van der Waals surface area contributed by atoms with Gasteiger partial charge in [0.05, 0.1) is 11.1 Å². The first-order chi connectivity index (χ1) is 11.5. The van der Waals surface area contributed by atoms with E-state index in [1.807, 2.05) is 0 Å². The van der Waals surface area contributed by atoms with Crippen molar-refractivity contribution in [3.8, 4) is 5.75 Å². The summed E-state index contributed by atoms with van der Waals surface area (Å²) in [7, 11) is 0. The number of amides is 2. The smallest absolute Gasteiger partial charge is 0.260 e. The fraction of sp³-hybridized carbons (Fsp3) is 0.250. The predicted molar refractivity (Wildman–Crippen MR) is 101 cm³/mol. The van der Waals surface area contributed by atoms with Crippen LogP contribution >= 0.6 is 35.3 Å². The van der Waals surface area contributed by atoms with Gasteiger partial charge in [-0.05, 0) is 42.6 Å². The zero-order valence-corrected chi connectivity index (χ0v) is 15.4. The molecule has 0 bridgehead atoms. The molecule has 1 aromatic carbocycles. The Hall–Kier alpha value is -1.80. The molecule has 1 aromatic heterocycles. The highest BCUT2D eigenvalue weighted by atomic mass is 35.5. The van der Waals surface area contributed by atoms with Crippen LogP contribution in [0.15, 0.2) is 29.6 Å². The topological polar surface area (TPSA) is 90.5 Å². The molecule has 2 amide bonds. The van der Waals surface area contributed by atoms with Gasteiger partial charge in [-0.15, -0.1) is 23.7 Å². The van der Waals surface area contributed by atoms with E-state index in [0.717, 1.165) is 19.5 Å². The Morgan fingerprint density at radius 2 is 2.04 bits per heavy atom. The molecule has 9 heteroatoms. The number of phenols is 1. The second kappa shape index (κ2) is 8.53. The number of hydrogen-bond donors (Lipinski definition) is 4. The van der Waals surface area contributed by atoms with E-state index in [4.69, 9.17) is 11.6 Å². The van der Waals surface area contributed by atoms with E-state index in [9.17, 15) is 14.7 Å². The molecule has 6 nitrogen and oxygen atoms in total. The number of phenolic OH excluding ortho intramolecular Hbond substituents is 1. The standard InChI is InChI=1S/C16H16ClN3O3S.ClH/c17-9-1-2-11(13(21)7-9)14(22)20-16-12(4-6-24-16)15(23)19-10-3-5-18-8-10;/h1-2,4,6-7,10,18,21H,3,5,8H2,(H,19,23)(H,20,22);1H. The van der Waals surface area contributed by atoms with Gasteiger partial charge in [-0.2, -0.15) is 0 Å². The maximum absolute atomic E-state index is 12.4. The molecule has 3 rings (SSSR count). The Labute approximate surface area is 160 Å². The number of rotatable bonds is 4. The first-order valence-corrected chi connectivity index (χ1v) is 8.69. The summed E-state index contributed by atoms with van der Waals surface area (Å²) in [5.41, 5.74) is 0.507. The number of anilines is 1. The lowest BCUT2D eigenvalue weighted by atomic mass is 10.2.